The number of nitrogens with zero attached hydrogens (tertiary/aromatic N) is 1. The van der Waals surface area contributed by atoms with Gasteiger partial charge in [0.2, 0.25) is 11.8 Å². The summed E-state index contributed by atoms with van der Waals surface area (Å²) in [5.74, 6) is -3.35. The molecule has 11 heteroatoms. The van der Waals surface area contributed by atoms with Crippen molar-refractivity contribution in [2.45, 2.75) is 49.9 Å². The third kappa shape index (κ3) is 4.82. The van der Waals surface area contributed by atoms with Crippen LogP contribution in [0.4, 0.5) is 4.79 Å². The Morgan fingerprint density at radius 1 is 1.19 bits per heavy atom. The Hall–Kier alpha value is -3.08. The van der Waals surface area contributed by atoms with Crippen molar-refractivity contribution in [1.29, 1.82) is 0 Å². The quantitative estimate of drug-likeness (QED) is 0.440. The van der Waals surface area contributed by atoms with E-state index in [4.69, 9.17) is 4.74 Å². The highest BCUT2D eigenvalue weighted by atomic mass is 32.2. The molecule has 0 radical (unpaired) electrons. The van der Waals surface area contributed by atoms with Crippen molar-refractivity contribution >= 4 is 41.4 Å². The van der Waals surface area contributed by atoms with Gasteiger partial charge in [-0.05, 0) is 26.3 Å². The van der Waals surface area contributed by atoms with Crippen LogP contribution in [0.25, 0.3) is 0 Å². The van der Waals surface area contributed by atoms with E-state index in [1.54, 1.807) is 51.1 Å². The maximum absolute atomic E-state index is 13.0. The number of aliphatic carboxylic acids is 1. The molecule has 2 heterocycles. The number of thioether (sulfide) groups is 1. The molecule has 0 aromatic heterocycles. The molecule has 0 bridgehead atoms. The third-order valence-corrected chi connectivity index (χ3v) is 5.94. The van der Waals surface area contributed by atoms with E-state index in [0.29, 0.717) is 5.56 Å². The molecule has 3 rings (SSSR count). The fourth-order valence-electron chi connectivity index (χ4n) is 3.34. The van der Waals surface area contributed by atoms with Gasteiger partial charge in [0.1, 0.15) is 23.1 Å². The predicted molar refractivity (Wildman–Crippen MR) is 110 cm³/mol. The summed E-state index contributed by atoms with van der Waals surface area (Å²) in [6.45, 7) is 5.06. The topological polar surface area (TPSA) is 142 Å². The van der Waals surface area contributed by atoms with Crippen LogP contribution in [-0.4, -0.2) is 68.5 Å². The highest BCUT2D eigenvalue weighted by Gasteiger charge is 2.58. The normalized spacial score (nSPS) is 23.8. The number of fused-ring (bicyclic) bond motifs is 1. The number of hydrogen-bond donors (Lipinski definition) is 3. The number of Topliss-reactive ketones (excluding diaryl/α,β-unsaturated/α-hetero) is 1. The second-order valence-corrected chi connectivity index (χ2v) is 9.24. The summed E-state index contributed by atoms with van der Waals surface area (Å²) in [6.07, 6.45) is -0.804. The lowest BCUT2D eigenvalue weighted by Gasteiger charge is -2.51. The number of β-lactam (4-membered cyclic amide) rings is 1. The fraction of sp³-hybridized carbons (Fsp3) is 0.450. The van der Waals surface area contributed by atoms with Crippen LogP contribution in [0, 0.1) is 0 Å². The monoisotopic (exact) mass is 449 g/mol. The number of ether oxygens (including phenoxy) is 1. The standard InChI is InChI=1S/C20H23N3O7S/c1-20(2,3)30-19(29)22-12(10-7-5-4-6-8-10)15(25)21-13-16(26)23-14(18(27)28)11(24)9-31-17(13)23/h4-8,12-14,17H,9H2,1-3H3,(H,21,25)(H,22,29)(H,27,28)/t12?,13-,14?,17+/m1/s1. The van der Waals surface area contributed by atoms with Gasteiger partial charge in [-0.3, -0.25) is 14.4 Å². The van der Waals surface area contributed by atoms with Crippen LogP contribution in [0.2, 0.25) is 0 Å². The lowest BCUT2D eigenvalue weighted by atomic mass is 9.99. The van der Waals surface area contributed by atoms with Crippen LogP contribution >= 0.6 is 11.8 Å². The van der Waals surface area contributed by atoms with Gasteiger partial charge < -0.3 is 25.4 Å². The molecular formula is C20H23N3O7S. The molecule has 2 saturated heterocycles. The number of carboxylic acid groups (broad SMARTS) is 1. The van der Waals surface area contributed by atoms with Gasteiger partial charge in [0.15, 0.2) is 11.8 Å². The Morgan fingerprint density at radius 2 is 1.84 bits per heavy atom. The molecule has 2 unspecified atom stereocenters. The average Bonchev–Trinajstić information content (AvgIpc) is 2.69. The zero-order valence-corrected chi connectivity index (χ0v) is 18.0. The van der Waals surface area contributed by atoms with Gasteiger partial charge in [-0.25, -0.2) is 9.59 Å². The van der Waals surface area contributed by atoms with Gasteiger partial charge in [0.25, 0.3) is 0 Å². The fourth-order valence-corrected chi connectivity index (χ4v) is 4.59. The molecule has 1 aromatic rings. The average molecular weight is 449 g/mol. The van der Waals surface area contributed by atoms with Crippen molar-refractivity contribution in [2.75, 3.05) is 5.75 Å². The number of carboxylic acids is 1. The van der Waals surface area contributed by atoms with Gasteiger partial charge >= 0.3 is 12.1 Å². The molecule has 0 aliphatic carbocycles. The van der Waals surface area contributed by atoms with Crippen molar-refractivity contribution in [3.8, 4) is 0 Å². The Kier molecular flexibility index (Phi) is 6.25. The van der Waals surface area contributed by atoms with Crippen molar-refractivity contribution in [2.24, 2.45) is 0 Å². The van der Waals surface area contributed by atoms with E-state index >= 15 is 0 Å². The van der Waals surface area contributed by atoms with Gasteiger partial charge in [0, 0.05) is 0 Å². The molecule has 2 fully saturated rings. The number of benzene rings is 1. The number of carbonyl (C=O) groups is 5. The van der Waals surface area contributed by atoms with Crippen molar-refractivity contribution in [3.63, 3.8) is 0 Å². The Bertz CT molecular complexity index is 915. The second kappa shape index (κ2) is 8.58. The van der Waals surface area contributed by atoms with Gasteiger partial charge in [-0.2, -0.15) is 0 Å². The summed E-state index contributed by atoms with van der Waals surface area (Å²) >= 11 is 1.09. The summed E-state index contributed by atoms with van der Waals surface area (Å²) in [5, 5.41) is 13.7. The summed E-state index contributed by atoms with van der Waals surface area (Å²) in [5.41, 5.74) is -0.298. The minimum atomic E-state index is -1.54. The number of rotatable bonds is 5. The van der Waals surface area contributed by atoms with Crippen LogP contribution in [0.5, 0.6) is 0 Å². The molecule has 3 N–H and O–H groups in total. The first-order valence-electron chi connectivity index (χ1n) is 9.54. The van der Waals surface area contributed by atoms with Crippen molar-refractivity contribution in [1.82, 2.24) is 15.5 Å². The zero-order chi connectivity index (χ0) is 22.9. The first kappa shape index (κ1) is 22.6. The van der Waals surface area contributed by atoms with Crippen molar-refractivity contribution in [3.05, 3.63) is 35.9 Å². The Labute approximate surface area is 182 Å². The maximum atomic E-state index is 13.0. The van der Waals surface area contributed by atoms with E-state index in [1.807, 2.05) is 0 Å². The number of ketones is 1. The summed E-state index contributed by atoms with van der Waals surface area (Å²) < 4.78 is 5.23. The molecule has 31 heavy (non-hydrogen) atoms. The molecule has 4 atom stereocenters. The largest absolute Gasteiger partial charge is 0.479 e. The molecule has 0 spiro atoms. The van der Waals surface area contributed by atoms with E-state index < -0.39 is 58.8 Å². The Morgan fingerprint density at radius 3 is 2.42 bits per heavy atom. The number of hydrogen-bond acceptors (Lipinski definition) is 7. The minimum Gasteiger partial charge on any atom is -0.479 e. The first-order chi connectivity index (χ1) is 14.5. The van der Waals surface area contributed by atoms with Gasteiger partial charge in [0.05, 0.1) is 5.75 Å². The minimum absolute atomic E-state index is 0.0734. The molecule has 10 nitrogen and oxygen atoms in total. The first-order valence-corrected chi connectivity index (χ1v) is 10.6. The van der Waals surface area contributed by atoms with E-state index in [9.17, 15) is 29.1 Å². The van der Waals surface area contributed by atoms with Crippen LogP contribution in [0.3, 0.4) is 0 Å². The second-order valence-electron chi connectivity index (χ2n) is 8.13. The van der Waals surface area contributed by atoms with Gasteiger partial charge in [-0.15, -0.1) is 11.8 Å². The molecule has 3 amide bonds. The number of alkyl carbamates (subject to hydrolysis) is 1. The van der Waals surface area contributed by atoms with Gasteiger partial charge in [-0.1, -0.05) is 30.3 Å². The molecule has 166 valence electrons. The predicted octanol–water partition coefficient (Wildman–Crippen LogP) is 0.675. The van der Waals surface area contributed by atoms with E-state index in [2.05, 4.69) is 10.6 Å². The SMILES string of the molecule is CC(C)(C)OC(=O)NC(C(=O)N[C@@H]1C(=O)N2C(C(=O)O)C(=O)CS[C@@H]12)c1ccccc1. The molecule has 2 aliphatic heterocycles. The summed E-state index contributed by atoms with van der Waals surface area (Å²) in [7, 11) is 0. The van der Waals surface area contributed by atoms with Crippen LogP contribution in [0.1, 0.15) is 32.4 Å². The molecule has 1 aromatic carbocycles. The number of carbonyl (C=O) groups excluding carboxylic acids is 4. The maximum Gasteiger partial charge on any atom is 0.408 e. The van der Waals surface area contributed by atoms with Crippen LogP contribution in [0.15, 0.2) is 30.3 Å². The number of amides is 3. The molecule has 2 aliphatic rings. The highest BCUT2D eigenvalue weighted by molar-refractivity contribution is 8.00. The highest BCUT2D eigenvalue weighted by Crippen LogP contribution is 2.37. The van der Waals surface area contributed by atoms with Crippen molar-refractivity contribution < 1.29 is 33.8 Å². The summed E-state index contributed by atoms with van der Waals surface area (Å²) in [4.78, 5) is 62.0. The Balaban J connectivity index is 1.75. The zero-order valence-electron chi connectivity index (χ0n) is 17.2. The van der Waals surface area contributed by atoms with E-state index in [1.165, 1.54) is 0 Å². The van der Waals surface area contributed by atoms with Crippen LogP contribution < -0.4 is 10.6 Å². The summed E-state index contributed by atoms with van der Waals surface area (Å²) in [6, 6.07) is 4.75. The smallest absolute Gasteiger partial charge is 0.408 e. The van der Waals surface area contributed by atoms with E-state index in [-0.39, 0.29) is 5.75 Å². The molecular weight excluding hydrogens is 426 g/mol. The third-order valence-electron chi connectivity index (χ3n) is 4.65. The lowest BCUT2D eigenvalue weighted by molar-refractivity contribution is -0.165. The lowest BCUT2D eigenvalue weighted by Crippen LogP contribution is -2.76. The van der Waals surface area contributed by atoms with Crippen LogP contribution in [-0.2, 0) is 23.9 Å². The number of nitrogens with one attached hydrogen (secondary N) is 2. The molecule has 0 saturated carbocycles. The van der Waals surface area contributed by atoms with E-state index in [0.717, 1.165) is 16.7 Å².